The van der Waals surface area contributed by atoms with Crippen molar-refractivity contribution in [2.45, 2.75) is 34.1 Å². The molecule has 5 aromatic rings. The van der Waals surface area contributed by atoms with Gasteiger partial charge in [-0.2, -0.15) is 4.57 Å². The predicted molar refractivity (Wildman–Crippen MR) is 140 cm³/mol. The molecule has 168 valence electrons. The normalized spacial score (nSPS) is 13.6. The van der Waals surface area contributed by atoms with E-state index in [4.69, 9.17) is 15.1 Å². The van der Waals surface area contributed by atoms with Crippen molar-refractivity contribution in [3.8, 4) is 22.4 Å². The molecule has 0 aliphatic heterocycles. The second kappa shape index (κ2) is 8.47. The maximum atomic E-state index is 9.24. The molecule has 0 spiro atoms. The summed E-state index contributed by atoms with van der Waals surface area (Å²) in [5.74, 6) is -0.421. The van der Waals surface area contributed by atoms with Crippen LogP contribution in [0.15, 0.2) is 71.1 Å². The van der Waals surface area contributed by atoms with Gasteiger partial charge in [0.2, 0.25) is 5.69 Å². The lowest BCUT2D eigenvalue weighted by atomic mass is 9.91. The van der Waals surface area contributed by atoms with Crippen LogP contribution in [0.2, 0.25) is 0 Å². The highest BCUT2D eigenvalue weighted by Gasteiger charge is 2.25. The van der Waals surface area contributed by atoms with Crippen LogP contribution in [0.1, 0.15) is 36.2 Å². The van der Waals surface area contributed by atoms with Crippen molar-refractivity contribution >= 4 is 27.6 Å². The third kappa shape index (κ3) is 3.66. The highest BCUT2D eigenvalue weighted by Crippen LogP contribution is 2.44. The Bertz CT molecular complexity index is 1780. The first-order chi connectivity index (χ1) is 18.0. The summed E-state index contributed by atoms with van der Waals surface area (Å²) >= 11 is 0. The lowest BCUT2D eigenvalue weighted by Crippen LogP contribution is -2.35. The van der Waals surface area contributed by atoms with Gasteiger partial charge in [-0.1, -0.05) is 50.2 Å². The summed E-state index contributed by atoms with van der Waals surface area (Å²) < 4.78 is 43.9. The van der Waals surface area contributed by atoms with E-state index in [2.05, 4.69) is 10.9 Å². The second-order valence-electron chi connectivity index (χ2n) is 9.00. The Labute approximate surface area is 206 Å². The molecule has 0 unspecified atom stereocenters. The highest BCUT2D eigenvalue weighted by atomic mass is 16.3. The van der Waals surface area contributed by atoms with Crippen LogP contribution < -0.4 is 4.57 Å². The van der Waals surface area contributed by atoms with Crippen molar-refractivity contribution in [2.24, 2.45) is 13.0 Å². The minimum Gasteiger partial charge on any atom is -0.455 e. The van der Waals surface area contributed by atoms with Gasteiger partial charge in [-0.05, 0) is 59.7 Å². The fourth-order valence-corrected chi connectivity index (χ4v) is 4.54. The molecular weight excluding hydrogens is 416 g/mol. The first-order valence-electron chi connectivity index (χ1n) is 13.4. The van der Waals surface area contributed by atoms with E-state index in [1.54, 1.807) is 37.5 Å². The molecule has 3 aromatic carbocycles. The zero-order chi connectivity index (χ0) is 27.5. The molecule has 34 heavy (non-hydrogen) atoms. The van der Waals surface area contributed by atoms with Crippen molar-refractivity contribution in [1.82, 2.24) is 0 Å². The minimum absolute atomic E-state index is 0.0130. The number of benzene rings is 3. The van der Waals surface area contributed by atoms with Crippen LogP contribution in [0, 0.1) is 26.3 Å². The first-order valence-corrected chi connectivity index (χ1v) is 11.4. The van der Waals surface area contributed by atoms with Crippen molar-refractivity contribution in [1.29, 1.82) is 0 Å². The smallest absolute Gasteiger partial charge is 0.216 e. The van der Waals surface area contributed by atoms with Crippen molar-refractivity contribution in [2.75, 3.05) is 0 Å². The number of rotatable bonds is 4. The maximum Gasteiger partial charge on any atom is 0.216 e. The van der Waals surface area contributed by atoms with Gasteiger partial charge < -0.3 is 4.42 Å². The number of hydrogen-bond acceptors (Lipinski definition) is 1. The number of furan rings is 1. The number of fused-ring (bicyclic) bond motifs is 3. The molecule has 0 aliphatic carbocycles. The average molecular weight is 450 g/mol. The van der Waals surface area contributed by atoms with Crippen molar-refractivity contribution in [3.05, 3.63) is 94.9 Å². The van der Waals surface area contributed by atoms with Crippen molar-refractivity contribution < 1.29 is 14.5 Å². The van der Waals surface area contributed by atoms with Gasteiger partial charge in [-0.3, -0.25) is 0 Å². The Balaban J connectivity index is 1.99. The number of nitrogens with zero attached hydrogens (tertiary/aromatic N) is 2. The lowest BCUT2D eigenvalue weighted by molar-refractivity contribution is -0.666. The van der Waals surface area contributed by atoms with E-state index < -0.39 is 12.3 Å². The van der Waals surface area contributed by atoms with Crippen LogP contribution in [0.3, 0.4) is 0 Å². The van der Waals surface area contributed by atoms with Gasteiger partial charge in [0.15, 0.2) is 11.4 Å². The van der Waals surface area contributed by atoms with Gasteiger partial charge in [0.05, 0.1) is 14.9 Å². The summed E-state index contributed by atoms with van der Waals surface area (Å²) in [4.78, 5) is 3.62. The molecule has 3 heteroatoms. The quantitative estimate of drug-likeness (QED) is 0.200. The summed E-state index contributed by atoms with van der Waals surface area (Å²) in [6.07, 6.45) is -1.86. The Morgan fingerprint density at radius 2 is 1.85 bits per heavy atom. The minimum atomic E-state index is -1.86. The van der Waals surface area contributed by atoms with Crippen molar-refractivity contribution in [3.63, 3.8) is 0 Å². The molecule has 3 nitrogen and oxygen atoms in total. The summed E-state index contributed by atoms with van der Waals surface area (Å²) in [6.45, 7) is 14.8. The first kappa shape index (κ1) is 17.6. The molecule has 0 saturated carbocycles. The lowest BCUT2D eigenvalue weighted by Gasteiger charge is -2.13. The molecule has 0 aliphatic rings. The molecule has 0 atom stereocenters. The van der Waals surface area contributed by atoms with E-state index in [9.17, 15) is 1.37 Å². The van der Waals surface area contributed by atoms with Gasteiger partial charge in [-0.25, -0.2) is 4.85 Å². The fourth-order valence-electron chi connectivity index (χ4n) is 4.54. The van der Waals surface area contributed by atoms with Gasteiger partial charge in [0.25, 0.3) is 0 Å². The van der Waals surface area contributed by atoms with E-state index in [0.29, 0.717) is 33.8 Å². The Hall–Kier alpha value is -3.90. The van der Waals surface area contributed by atoms with Gasteiger partial charge in [0.1, 0.15) is 18.2 Å². The summed E-state index contributed by atoms with van der Waals surface area (Å²) in [5, 5.41) is 1.66. The average Bonchev–Trinajstić information content (AvgIpc) is 3.27. The number of aromatic nitrogens is 1. The van der Waals surface area contributed by atoms with Crippen LogP contribution in [0.5, 0.6) is 0 Å². The summed E-state index contributed by atoms with van der Waals surface area (Å²) in [5.41, 5.74) is 6.42. The molecule has 0 saturated heterocycles. The zero-order valence-corrected chi connectivity index (χ0v) is 20.1. The van der Waals surface area contributed by atoms with Gasteiger partial charge in [0, 0.05) is 32.5 Å². The molecule has 5 rings (SSSR count). The van der Waals surface area contributed by atoms with Crippen LogP contribution in [-0.4, -0.2) is 0 Å². The van der Waals surface area contributed by atoms with Crippen LogP contribution in [0.4, 0.5) is 5.69 Å². The van der Waals surface area contributed by atoms with Crippen LogP contribution in [-0.2, 0) is 13.4 Å². The fraction of sp³-hybridized carbons (Fsp3) is 0.226. The van der Waals surface area contributed by atoms with E-state index in [-0.39, 0.29) is 17.6 Å². The topological polar surface area (TPSA) is 21.4 Å². The molecular formula is C31H29N2O+. The predicted octanol–water partition coefficient (Wildman–Crippen LogP) is 8.11. The standard InChI is InChI=1S/C31H29N2O/c1-19(2)14-22-16-21(4)33(6)27(17-22)29-20(3)15-25(23-10-8-7-9-11-23)30-26-18-24(32-5)12-13-28(26)34-31(29)30/h7-13,15-19H,14H2,1-4,6H3/q+1/i14D2,16D,17D. The number of aryl methyl sites for hydroxylation is 1. The molecule has 0 bridgehead atoms. The largest absolute Gasteiger partial charge is 0.455 e. The van der Waals surface area contributed by atoms with E-state index in [1.807, 2.05) is 50.4 Å². The van der Waals surface area contributed by atoms with Crippen LogP contribution in [0.25, 0.3) is 49.2 Å². The molecule has 0 fully saturated rings. The van der Waals surface area contributed by atoms with Gasteiger partial charge >= 0.3 is 0 Å². The third-order valence-electron chi connectivity index (χ3n) is 6.19. The molecule has 0 N–H and O–H groups in total. The SMILES string of the molecule is [2H]c1c(C([2H])([2H])C(C)C)c([2H])c(-c2c(C)cc(-c3ccccc3)c3c2oc2ccc([N+]#[C-])cc23)[n+](C)c1C. The maximum absolute atomic E-state index is 9.24. The van der Waals surface area contributed by atoms with E-state index in [1.165, 1.54) is 0 Å². The number of pyridine rings is 1. The third-order valence-corrected chi connectivity index (χ3v) is 6.19. The van der Waals surface area contributed by atoms with E-state index >= 15 is 0 Å². The Morgan fingerprint density at radius 1 is 1.09 bits per heavy atom. The Kier molecular flexibility index (Phi) is 4.37. The summed E-state index contributed by atoms with van der Waals surface area (Å²) in [7, 11) is 1.81. The molecule has 2 aromatic heterocycles. The molecule has 0 amide bonds. The molecule has 2 heterocycles. The van der Waals surface area contributed by atoms with E-state index in [0.717, 1.165) is 27.5 Å². The second-order valence-corrected chi connectivity index (χ2v) is 9.00. The van der Waals surface area contributed by atoms with Crippen LogP contribution >= 0.6 is 0 Å². The number of hydrogen-bond donors (Lipinski definition) is 0. The Morgan fingerprint density at radius 3 is 2.56 bits per heavy atom. The zero-order valence-electron chi connectivity index (χ0n) is 24.1. The summed E-state index contributed by atoms with van der Waals surface area (Å²) in [6, 6.07) is 17.5. The molecule has 0 radical (unpaired) electrons. The monoisotopic (exact) mass is 449 g/mol. The highest BCUT2D eigenvalue weighted by molar-refractivity contribution is 6.17. The van der Waals surface area contributed by atoms with Gasteiger partial charge in [-0.15, -0.1) is 0 Å².